The molecule has 0 unspecified atom stereocenters. The molecule has 1 aromatic heterocycles. The molecule has 1 N–H and O–H groups in total. The van der Waals surface area contributed by atoms with Crippen molar-refractivity contribution in [1.82, 2.24) is 20.1 Å². The lowest BCUT2D eigenvalue weighted by Gasteiger charge is -2.12. The number of carbonyl (C=O) groups is 1. The van der Waals surface area contributed by atoms with Crippen LogP contribution in [0.4, 0.5) is 0 Å². The van der Waals surface area contributed by atoms with Crippen molar-refractivity contribution in [3.05, 3.63) is 43.0 Å². The van der Waals surface area contributed by atoms with Crippen LogP contribution in [-0.2, 0) is 4.79 Å². The minimum atomic E-state index is -0.376. The lowest BCUT2D eigenvalue weighted by atomic mass is 10.3. The maximum atomic E-state index is 11.8. The minimum Gasteiger partial charge on any atom is -0.492 e. The van der Waals surface area contributed by atoms with Crippen LogP contribution in [0.1, 0.15) is 13.0 Å². The monoisotopic (exact) mass is 260 g/mol. The summed E-state index contributed by atoms with van der Waals surface area (Å²) in [6, 6.07) is 9.11. The van der Waals surface area contributed by atoms with Gasteiger partial charge in [0.05, 0.1) is 6.54 Å². The summed E-state index contributed by atoms with van der Waals surface area (Å²) in [4.78, 5) is 15.6. The van der Waals surface area contributed by atoms with E-state index in [1.54, 1.807) is 6.92 Å². The van der Waals surface area contributed by atoms with Crippen LogP contribution >= 0.6 is 0 Å². The summed E-state index contributed by atoms with van der Waals surface area (Å²) in [5, 5.41) is 6.71. The van der Waals surface area contributed by atoms with E-state index in [1.807, 2.05) is 30.3 Å². The number of hydrogen-bond donors (Lipinski definition) is 1. The molecule has 0 aliphatic heterocycles. The summed E-state index contributed by atoms with van der Waals surface area (Å²) in [5.41, 5.74) is 0. The van der Waals surface area contributed by atoms with Gasteiger partial charge in [-0.1, -0.05) is 18.2 Å². The lowest BCUT2D eigenvalue weighted by Crippen LogP contribution is -2.34. The Labute approximate surface area is 111 Å². The highest BCUT2D eigenvalue weighted by Crippen LogP contribution is 2.07. The van der Waals surface area contributed by atoms with Crippen molar-refractivity contribution in [2.45, 2.75) is 13.0 Å². The minimum absolute atomic E-state index is 0.109. The fourth-order valence-corrected chi connectivity index (χ4v) is 1.55. The number of carbonyl (C=O) groups excluding carboxylic acids is 1. The summed E-state index contributed by atoms with van der Waals surface area (Å²) < 4.78 is 6.98. The van der Waals surface area contributed by atoms with Crippen molar-refractivity contribution in [2.24, 2.45) is 0 Å². The largest absolute Gasteiger partial charge is 0.492 e. The maximum Gasteiger partial charge on any atom is 0.244 e. The molecule has 0 spiro atoms. The number of nitrogens with one attached hydrogen (secondary N) is 1. The quantitative estimate of drug-likeness (QED) is 0.788. The molecule has 2 aromatic rings. The summed E-state index contributed by atoms with van der Waals surface area (Å²) in [5.74, 6) is 0.684. The van der Waals surface area contributed by atoms with Crippen LogP contribution < -0.4 is 10.1 Å². The van der Waals surface area contributed by atoms with Crippen LogP contribution in [0, 0.1) is 0 Å². The number of hydrogen-bond acceptors (Lipinski definition) is 4. The third kappa shape index (κ3) is 3.80. The van der Waals surface area contributed by atoms with Gasteiger partial charge in [0.1, 0.15) is 31.1 Å². The van der Waals surface area contributed by atoms with E-state index in [1.165, 1.54) is 17.3 Å². The van der Waals surface area contributed by atoms with Gasteiger partial charge in [-0.05, 0) is 19.1 Å². The molecule has 0 radical (unpaired) electrons. The molecule has 1 amide bonds. The van der Waals surface area contributed by atoms with E-state index in [0.717, 1.165) is 5.75 Å². The smallest absolute Gasteiger partial charge is 0.244 e. The van der Waals surface area contributed by atoms with Gasteiger partial charge in [-0.2, -0.15) is 5.10 Å². The normalized spacial score (nSPS) is 11.8. The van der Waals surface area contributed by atoms with Crippen LogP contribution in [0.25, 0.3) is 0 Å². The van der Waals surface area contributed by atoms with Gasteiger partial charge >= 0.3 is 0 Å². The average Bonchev–Trinajstić information content (AvgIpc) is 2.98. The highest BCUT2D eigenvalue weighted by Gasteiger charge is 2.14. The van der Waals surface area contributed by atoms with Gasteiger partial charge in [-0.3, -0.25) is 4.79 Å². The molecule has 1 atom stereocenters. The van der Waals surface area contributed by atoms with Crippen molar-refractivity contribution in [3.63, 3.8) is 0 Å². The molecular weight excluding hydrogens is 244 g/mol. The van der Waals surface area contributed by atoms with Gasteiger partial charge in [0.2, 0.25) is 5.91 Å². The number of para-hydroxylation sites is 1. The van der Waals surface area contributed by atoms with E-state index >= 15 is 0 Å². The van der Waals surface area contributed by atoms with Crippen molar-refractivity contribution in [2.75, 3.05) is 13.2 Å². The molecular formula is C13H16N4O2. The molecule has 19 heavy (non-hydrogen) atoms. The zero-order chi connectivity index (χ0) is 13.5. The first kappa shape index (κ1) is 13.1. The van der Waals surface area contributed by atoms with E-state index < -0.39 is 0 Å². The lowest BCUT2D eigenvalue weighted by molar-refractivity contribution is -0.124. The van der Waals surface area contributed by atoms with E-state index in [-0.39, 0.29) is 11.9 Å². The Bertz CT molecular complexity index is 499. The van der Waals surface area contributed by atoms with Crippen LogP contribution in [-0.4, -0.2) is 33.8 Å². The van der Waals surface area contributed by atoms with Gasteiger partial charge in [-0.25, -0.2) is 9.67 Å². The molecule has 0 bridgehead atoms. The molecule has 1 heterocycles. The number of ether oxygens (including phenoxy) is 1. The first-order valence-electron chi connectivity index (χ1n) is 6.07. The fraction of sp³-hybridized carbons (Fsp3) is 0.308. The second-order valence-electron chi connectivity index (χ2n) is 4.00. The van der Waals surface area contributed by atoms with Crippen LogP contribution in [0.3, 0.4) is 0 Å². The number of aromatic nitrogens is 3. The van der Waals surface area contributed by atoms with Gasteiger partial charge in [0.15, 0.2) is 0 Å². The van der Waals surface area contributed by atoms with Gasteiger partial charge in [-0.15, -0.1) is 0 Å². The van der Waals surface area contributed by atoms with Crippen LogP contribution in [0.15, 0.2) is 43.0 Å². The zero-order valence-corrected chi connectivity index (χ0v) is 10.7. The Morgan fingerprint density at radius 2 is 2.21 bits per heavy atom. The first-order chi connectivity index (χ1) is 9.27. The Morgan fingerprint density at radius 1 is 1.42 bits per heavy atom. The number of rotatable bonds is 6. The molecule has 0 saturated carbocycles. The molecule has 0 aliphatic rings. The number of benzene rings is 1. The predicted octanol–water partition coefficient (Wildman–Crippen LogP) is 1.03. The predicted molar refractivity (Wildman–Crippen MR) is 69.7 cm³/mol. The third-order valence-electron chi connectivity index (χ3n) is 2.63. The Hall–Kier alpha value is -2.37. The molecule has 6 heteroatoms. The standard InChI is InChI=1S/C13H16N4O2/c1-11(17-10-14-9-16-17)13(18)15-7-8-19-12-5-3-2-4-6-12/h2-6,9-11H,7-8H2,1H3,(H,15,18)/t11-/m0/s1. The van der Waals surface area contributed by atoms with Gasteiger partial charge in [0.25, 0.3) is 0 Å². The summed E-state index contributed by atoms with van der Waals surface area (Å²) in [6.45, 7) is 2.65. The Balaban J connectivity index is 1.70. The van der Waals surface area contributed by atoms with Crippen molar-refractivity contribution >= 4 is 5.91 Å². The topological polar surface area (TPSA) is 69.0 Å². The highest BCUT2D eigenvalue weighted by molar-refractivity contribution is 5.79. The van der Waals surface area contributed by atoms with Crippen molar-refractivity contribution in [3.8, 4) is 5.75 Å². The second kappa shape index (κ2) is 6.53. The number of nitrogens with zero attached hydrogens (tertiary/aromatic N) is 3. The SMILES string of the molecule is C[C@@H](C(=O)NCCOc1ccccc1)n1cncn1. The fourth-order valence-electron chi connectivity index (χ4n) is 1.55. The van der Waals surface area contributed by atoms with E-state index in [4.69, 9.17) is 4.74 Å². The van der Waals surface area contributed by atoms with Gasteiger partial charge in [0, 0.05) is 0 Å². The van der Waals surface area contributed by atoms with E-state index in [0.29, 0.717) is 13.2 Å². The second-order valence-corrected chi connectivity index (χ2v) is 4.00. The van der Waals surface area contributed by atoms with Crippen LogP contribution in [0.2, 0.25) is 0 Å². The molecule has 1 aromatic carbocycles. The van der Waals surface area contributed by atoms with E-state index in [9.17, 15) is 4.79 Å². The van der Waals surface area contributed by atoms with E-state index in [2.05, 4.69) is 15.4 Å². The number of amides is 1. The van der Waals surface area contributed by atoms with Crippen molar-refractivity contribution in [1.29, 1.82) is 0 Å². The average molecular weight is 260 g/mol. The van der Waals surface area contributed by atoms with Crippen molar-refractivity contribution < 1.29 is 9.53 Å². The summed E-state index contributed by atoms with van der Waals surface area (Å²) in [7, 11) is 0. The highest BCUT2D eigenvalue weighted by atomic mass is 16.5. The first-order valence-corrected chi connectivity index (χ1v) is 6.07. The molecule has 0 aliphatic carbocycles. The molecule has 2 rings (SSSR count). The Kier molecular flexibility index (Phi) is 4.49. The Morgan fingerprint density at radius 3 is 2.89 bits per heavy atom. The summed E-state index contributed by atoms with van der Waals surface area (Å²) >= 11 is 0. The molecule has 6 nitrogen and oxygen atoms in total. The van der Waals surface area contributed by atoms with Crippen LogP contribution in [0.5, 0.6) is 5.75 Å². The zero-order valence-electron chi connectivity index (χ0n) is 10.7. The molecule has 0 saturated heterocycles. The third-order valence-corrected chi connectivity index (χ3v) is 2.63. The molecule has 100 valence electrons. The van der Waals surface area contributed by atoms with Gasteiger partial charge < -0.3 is 10.1 Å². The molecule has 0 fully saturated rings. The summed E-state index contributed by atoms with van der Waals surface area (Å²) in [6.07, 6.45) is 2.92. The maximum absolute atomic E-state index is 11.8.